The summed E-state index contributed by atoms with van der Waals surface area (Å²) in [5.41, 5.74) is 10.6. The van der Waals surface area contributed by atoms with Gasteiger partial charge in [-0.15, -0.1) is 0 Å². The second-order valence-corrected chi connectivity index (χ2v) is 18.8. The Hall–Kier alpha value is -6.07. The van der Waals surface area contributed by atoms with E-state index >= 15 is 0 Å². The van der Waals surface area contributed by atoms with Crippen molar-refractivity contribution in [3.8, 4) is 0 Å². The molecule has 0 aliphatic carbocycles. The number of amides is 4. The molecule has 4 aromatic carbocycles. The molecule has 16 heteroatoms. The molecule has 6 N–H and O–H groups in total. The molecule has 0 aromatic heterocycles. The van der Waals surface area contributed by atoms with Crippen LogP contribution in [0, 0.1) is 10.8 Å². The molecule has 0 spiro atoms. The van der Waals surface area contributed by atoms with Crippen molar-refractivity contribution in [3.63, 3.8) is 0 Å². The number of β-lactam (4-membered cyclic amide) rings is 4. The van der Waals surface area contributed by atoms with E-state index in [1.807, 2.05) is 82.6 Å². The molecule has 16 nitrogen and oxygen atoms in total. The van der Waals surface area contributed by atoms with Crippen LogP contribution in [0.5, 0.6) is 0 Å². The standard InChI is InChI=1S/C29H38N2O5.C19H16N2O3.C7H18N2O2/c1-29(2)27(35)31(28(29)36)25-13-11-23(12-14-25)20-22-7-9-24(10-8-22)21-26(34)6-4-3-5-15-30(16-18-32)17-19-33;1-19(2)17(23)21(18(19)24)16-9-5-14(6-10-16)11-13-3-7-15(8-4-13)20-12-22;8-2-1-3-9(4-6-10)5-7-11/h7-14,32-33H,3-6,15-21H2,1-2H3;3-10H,11H2,1-2H3;10-11H,1-8H2. The summed E-state index contributed by atoms with van der Waals surface area (Å²) in [4.78, 5) is 81.1. The molecule has 4 aromatic rings. The van der Waals surface area contributed by atoms with Gasteiger partial charge >= 0.3 is 0 Å². The third kappa shape index (κ3) is 16.8. The summed E-state index contributed by atoms with van der Waals surface area (Å²) in [7, 11) is 0. The van der Waals surface area contributed by atoms with E-state index in [9.17, 15) is 28.8 Å². The maximum absolute atomic E-state index is 12.4. The monoisotopic (exact) mass is 977 g/mol. The molecule has 71 heavy (non-hydrogen) atoms. The quantitative estimate of drug-likeness (QED) is 0.0186. The van der Waals surface area contributed by atoms with Crippen LogP contribution in [-0.4, -0.2) is 138 Å². The van der Waals surface area contributed by atoms with E-state index < -0.39 is 10.8 Å². The van der Waals surface area contributed by atoms with Crippen LogP contribution in [0.1, 0.15) is 87.6 Å². The lowest BCUT2D eigenvalue weighted by Crippen LogP contribution is -2.63. The number of hydrogen-bond donors (Lipinski definition) is 5. The Morgan fingerprint density at radius 2 is 0.873 bits per heavy atom. The number of ketones is 1. The van der Waals surface area contributed by atoms with Crippen LogP contribution in [0.25, 0.3) is 0 Å². The lowest BCUT2D eigenvalue weighted by Gasteiger charge is -2.41. The number of isocyanates is 1. The number of aliphatic hydroxyl groups excluding tert-OH is 4. The number of carbonyl (C=O) groups excluding carboxylic acids is 6. The molecule has 2 fully saturated rings. The molecule has 0 radical (unpaired) electrons. The molecule has 2 aliphatic heterocycles. The Bertz CT molecular complexity index is 2330. The van der Waals surface area contributed by atoms with Gasteiger partial charge in [-0.2, -0.15) is 4.99 Å². The van der Waals surface area contributed by atoms with Crippen LogP contribution in [0.3, 0.4) is 0 Å². The van der Waals surface area contributed by atoms with E-state index in [2.05, 4.69) is 4.99 Å². The number of nitrogens with zero attached hydrogens (tertiary/aromatic N) is 5. The van der Waals surface area contributed by atoms with Crippen LogP contribution >= 0.6 is 0 Å². The van der Waals surface area contributed by atoms with Gasteiger partial charge in [0.25, 0.3) is 0 Å². The first-order valence-corrected chi connectivity index (χ1v) is 24.3. The molecule has 2 aliphatic rings. The van der Waals surface area contributed by atoms with Crippen LogP contribution in [0.2, 0.25) is 0 Å². The van der Waals surface area contributed by atoms with Crippen molar-refractivity contribution < 1.29 is 49.2 Å². The molecule has 6 rings (SSSR count). The molecule has 2 heterocycles. The van der Waals surface area contributed by atoms with Crippen molar-refractivity contribution >= 4 is 52.6 Å². The van der Waals surface area contributed by atoms with Gasteiger partial charge < -0.3 is 26.2 Å². The number of imide groups is 2. The van der Waals surface area contributed by atoms with Crippen molar-refractivity contribution in [2.45, 2.75) is 79.1 Å². The van der Waals surface area contributed by atoms with Gasteiger partial charge in [-0.1, -0.05) is 67.1 Å². The highest BCUT2D eigenvalue weighted by molar-refractivity contribution is 6.36. The van der Waals surface area contributed by atoms with E-state index in [-0.39, 0.29) is 55.8 Å². The normalized spacial score (nSPS) is 14.5. The fourth-order valence-corrected chi connectivity index (χ4v) is 8.06. The molecule has 0 saturated carbocycles. The number of anilines is 2. The minimum absolute atomic E-state index is 0.0885. The second kappa shape index (κ2) is 28.7. The van der Waals surface area contributed by atoms with Crippen molar-refractivity contribution in [2.24, 2.45) is 21.6 Å². The summed E-state index contributed by atoms with van der Waals surface area (Å²) in [5, 5.41) is 35.3. The summed E-state index contributed by atoms with van der Waals surface area (Å²) >= 11 is 0. The number of aliphatic imine (C=N–C) groups is 1. The third-order valence-corrected chi connectivity index (χ3v) is 12.5. The largest absolute Gasteiger partial charge is 0.395 e. The average Bonchev–Trinajstić information content (AvgIpc) is 3.36. The highest BCUT2D eigenvalue weighted by atomic mass is 16.3. The Labute approximate surface area is 417 Å². The van der Waals surface area contributed by atoms with Gasteiger partial charge in [-0.25, -0.2) is 14.6 Å². The van der Waals surface area contributed by atoms with E-state index in [1.165, 1.54) is 15.9 Å². The average molecular weight is 977 g/mol. The predicted octanol–water partition coefficient (Wildman–Crippen LogP) is 4.90. The maximum atomic E-state index is 12.4. The molecular weight excluding hydrogens is 905 g/mol. The lowest BCUT2D eigenvalue weighted by atomic mass is 9.81. The highest BCUT2D eigenvalue weighted by Crippen LogP contribution is 2.38. The second-order valence-electron chi connectivity index (χ2n) is 18.8. The van der Waals surface area contributed by atoms with E-state index in [1.54, 1.807) is 52.0 Å². The first-order chi connectivity index (χ1) is 34.0. The van der Waals surface area contributed by atoms with Crippen molar-refractivity contribution in [1.82, 2.24) is 9.80 Å². The lowest BCUT2D eigenvalue weighted by molar-refractivity contribution is -0.151. The van der Waals surface area contributed by atoms with E-state index in [0.29, 0.717) is 69.0 Å². The number of rotatable bonds is 26. The van der Waals surface area contributed by atoms with Gasteiger partial charge in [-0.05, 0) is 144 Å². The van der Waals surface area contributed by atoms with Crippen LogP contribution in [0.4, 0.5) is 17.1 Å². The Balaban J connectivity index is 0.000000267. The summed E-state index contributed by atoms with van der Waals surface area (Å²) < 4.78 is 0. The topological polar surface area (TPSA) is 235 Å². The molecule has 2 saturated heterocycles. The predicted molar refractivity (Wildman–Crippen MR) is 274 cm³/mol. The minimum atomic E-state index is -0.926. The first kappa shape index (κ1) is 57.5. The number of benzene rings is 4. The number of Topliss-reactive ketones (excluding diaryl/α,β-unsaturated/α-hetero) is 1. The Kier molecular flexibility index (Phi) is 23.2. The number of aliphatic hydroxyl groups is 4. The molecule has 0 atom stereocenters. The zero-order chi connectivity index (χ0) is 52.0. The van der Waals surface area contributed by atoms with Crippen LogP contribution < -0.4 is 15.5 Å². The van der Waals surface area contributed by atoms with Gasteiger partial charge in [0.2, 0.25) is 29.7 Å². The number of hydrogen-bond acceptors (Lipinski definition) is 14. The molecular formula is C55H72N6O10. The van der Waals surface area contributed by atoms with Crippen LogP contribution in [-0.2, 0) is 48.0 Å². The van der Waals surface area contributed by atoms with Crippen molar-refractivity contribution in [2.75, 3.05) is 82.0 Å². The summed E-state index contributed by atoms with van der Waals surface area (Å²) in [6.07, 6.45) is 7.61. The van der Waals surface area contributed by atoms with E-state index in [0.717, 1.165) is 73.0 Å². The zero-order valence-corrected chi connectivity index (χ0v) is 41.7. The van der Waals surface area contributed by atoms with Crippen molar-refractivity contribution in [3.05, 3.63) is 125 Å². The number of carbonyl (C=O) groups is 5. The molecule has 0 bridgehead atoms. The van der Waals surface area contributed by atoms with E-state index in [4.69, 9.17) is 26.2 Å². The Morgan fingerprint density at radius 1 is 0.521 bits per heavy atom. The number of unbranched alkanes of at least 4 members (excludes halogenated alkanes) is 2. The van der Waals surface area contributed by atoms with Gasteiger partial charge in [0.15, 0.2) is 0 Å². The highest BCUT2D eigenvalue weighted by Gasteiger charge is 2.55. The van der Waals surface area contributed by atoms with Gasteiger partial charge in [0.1, 0.15) is 16.6 Å². The summed E-state index contributed by atoms with van der Waals surface area (Å²) in [6, 6.07) is 30.3. The molecule has 4 amide bonds. The fraction of sp³-hybridized carbons (Fsp3) is 0.455. The van der Waals surface area contributed by atoms with Crippen LogP contribution in [0.15, 0.2) is 102 Å². The summed E-state index contributed by atoms with van der Waals surface area (Å²) in [5.74, 6) is -0.460. The molecule has 0 unspecified atom stereocenters. The maximum Gasteiger partial charge on any atom is 0.248 e. The Morgan fingerprint density at radius 3 is 1.24 bits per heavy atom. The van der Waals surface area contributed by atoms with Gasteiger partial charge in [-0.3, -0.25) is 33.8 Å². The van der Waals surface area contributed by atoms with Crippen molar-refractivity contribution in [1.29, 1.82) is 0 Å². The number of nitrogens with two attached hydrogens (primary N) is 1. The SMILES string of the molecule is CC1(C)C(=O)N(c2ccc(Cc3ccc(CC(=O)CCCCCN(CCO)CCO)cc3)cc2)C1=O.CC1(C)C(=O)N(c2ccc(Cc3ccc(N=C=O)cc3)cc2)C1=O.NCCCN(CCO)CCO. The first-order valence-electron chi connectivity index (χ1n) is 24.3. The molecule has 382 valence electrons. The summed E-state index contributed by atoms with van der Waals surface area (Å²) in [6.45, 7) is 11.8. The van der Waals surface area contributed by atoms with Gasteiger partial charge in [0.05, 0.1) is 43.5 Å². The minimum Gasteiger partial charge on any atom is -0.395 e. The smallest absolute Gasteiger partial charge is 0.248 e. The zero-order valence-electron chi connectivity index (χ0n) is 41.7. The third-order valence-electron chi connectivity index (χ3n) is 12.5. The van der Waals surface area contributed by atoms with Gasteiger partial charge in [0, 0.05) is 39.0 Å². The fourth-order valence-electron chi connectivity index (χ4n) is 8.06.